The molecule has 1 aromatic heterocycles. The summed E-state index contributed by atoms with van der Waals surface area (Å²) in [5.41, 5.74) is 5.16. The minimum Gasteiger partial charge on any atom is -0.463 e. The van der Waals surface area contributed by atoms with Crippen LogP contribution < -0.4 is 11.4 Å². The van der Waals surface area contributed by atoms with Gasteiger partial charge in [-0.2, -0.15) is 4.98 Å². The molecule has 4 atom stereocenters. The fourth-order valence-electron chi connectivity index (χ4n) is 2.69. The second-order valence-corrected chi connectivity index (χ2v) is 6.25. The molecule has 12 heteroatoms. The van der Waals surface area contributed by atoms with Gasteiger partial charge in [0.1, 0.15) is 18.5 Å². The van der Waals surface area contributed by atoms with Crippen LogP contribution in [0.1, 0.15) is 36.6 Å². The molecule has 158 valence electrons. The number of esters is 3. The standard InChI is InChI=1S/C17H20BrN3O8/c1-8(22)26-7-12-13(27-9(2)23)14(28-10(3)24)16(29-12)21-6-11(4-5-18)15(19)20-17(21)25/h4-6,12-14,16H,7H2,1-3H3,(H2,19,20,25)/t12-,13+,14-,16?/m1/s1/i1D,2D,3D. The van der Waals surface area contributed by atoms with Crippen LogP contribution in [0.4, 0.5) is 5.82 Å². The van der Waals surface area contributed by atoms with Crippen LogP contribution in [0.3, 0.4) is 0 Å². The Morgan fingerprint density at radius 1 is 1.28 bits per heavy atom. The number of carbonyl (C=O) groups excluding carboxylic acids is 3. The van der Waals surface area contributed by atoms with Gasteiger partial charge in [-0.15, -0.1) is 0 Å². The Hall–Kier alpha value is -2.73. The minimum absolute atomic E-state index is 0.0854. The molecule has 2 rings (SSSR count). The number of nitrogens with zero attached hydrogens (tertiary/aromatic N) is 2. The molecule has 1 unspecified atom stereocenters. The Kier molecular flexibility index (Phi) is 6.09. The van der Waals surface area contributed by atoms with Crippen molar-refractivity contribution in [2.24, 2.45) is 0 Å². The molecular formula is C17H20BrN3O8. The Morgan fingerprint density at radius 3 is 2.55 bits per heavy atom. The van der Waals surface area contributed by atoms with Gasteiger partial charge in [-0.05, 0) is 11.1 Å². The van der Waals surface area contributed by atoms with Crippen LogP contribution in [-0.4, -0.2) is 52.4 Å². The van der Waals surface area contributed by atoms with Crippen molar-refractivity contribution >= 4 is 45.7 Å². The molecule has 0 radical (unpaired) electrons. The zero-order valence-electron chi connectivity index (χ0n) is 18.0. The molecule has 0 aromatic carbocycles. The largest absolute Gasteiger partial charge is 0.463 e. The van der Waals surface area contributed by atoms with Crippen molar-refractivity contribution in [1.29, 1.82) is 0 Å². The van der Waals surface area contributed by atoms with Crippen LogP contribution in [0.5, 0.6) is 0 Å². The fourth-order valence-corrected chi connectivity index (χ4v) is 2.97. The van der Waals surface area contributed by atoms with Crippen LogP contribution in [-0.2, 0) is 33.3 Å². The monoisotopic (exact) mass is 476 g/mol. The number of aromatic nitrogens is 2. The highest BCUT2D eigenvalue weighted by molar-refractivity contribution is 9.11. The highest BCUT2D eigenvalue weighted by Gasteiger charge is 2.51. The van der Waals surface area contributed by atoms with Gasteiger partial charge in [-0.3, -0.25) is 19.0 Å². The van der Waals surface area contributed by atoms with E-state index in [0.29, 0.717) is 5.56 Å². The molecule has 2 N–H and O–H groups in total. The lowest BCUT2D eigenvalue weighted by molar-refractivity contribution is -0.166. The molecule has 2 heterocycles. The first kappa shape index (κ1) is 18.3. The summed E-state index contributed by atoms with van der Waals surface area (Å²) in [5.74, 6) is -2.97. The Balaban J connectivity index is 2.51. The lowest BCUT2D eigenvalue weighted by Gasteiger charge is -2.24. The predicted octanol–water partition coefficient (Wildman–Crippen LogP) is 0.515. The Labute approximate surface area is 178 Å². The fraction of sp³-hybridized carbons (Fsp3) is 0.471. The van der Waals surface area contributed by atoms with Gasteiger partial charge in [0, 0.05) is 36.6 Å². The van der Waals surface area contributed by atoms with E-state index in [-0.39, 0.29) is 5.82 Å². The smallest absolute Gasteiger partial charge is 0.351 e. The third-order valence-corrected chi connectivity index (χ3v) is 4.02. The van der Waals surface area contributed by atoms with E-state index in [1.807, 2.05) is 0 Å². The third-order valence-electron chi connectivity index (χ3n) is 3.76. The first-order valence-electron chi connectivity index (χ1n) is 10.1. The van der Waals surface area contributed by atoms with E-state index in [2.05, 4.69) is 20.9 Å². The van der Waals surface area contributed by atoms with Crippen LogP contribution in [0.2, 0.25) is 0 Å². The molecule has 1 aromatic rings. The second-order valence-electron chi connectivity index (χ2n) is 5.72. The maximum atomic E-state index is 12.5. The SMILES string of the molecule is [2H]CC(=O)OC[C@H]1OC(n2cc(C=CBr)c(N)nc2=O)[C@H](OC(=O)C[2H])[C@H]1OC(=O)C[2H]. The third kappa shape index (κ3) is 5.64. The molecular weight excluding hydrogens is 454 g/mol. The molecule has 0 amide bonds. The van der Waals surface area contributed by atoms with Crippen molar-refractivity contribution in [1.82, 2.24) is 9.55 Å². The second kappa shape index (κ2) is 9.65. The summed E-state index contributed by atoms with van der Waals surface area (Å²) in [6, 6.07) is 0. The number of nitrogen functional groups attached to an aromatic ring is 1. The molecule has 0 saturated carbocycles. The van der Waals surface area contributed by atoms with Crippen molar-refractivity contribution in [2.75, 3.05) is 12.3 Å². The van der Waals surface area contributed by atoms with E-state index in [1.54, 1.807) is 0 Å². The summed E-state index contributed by atoms with van der Waals surface area (Å²) in [7, 11) is 0. The molecule has 1 aliphatic heterocycles. The molecule has 1 fully saturated rings. The summed E-state index contributed by atoms with van der Waals surface area (Å²) < 4.78 is 43.4. The van der Waals surface area contributed by atoms with Crippen molar-refractivity contribution in [3.8, 4) is 0 Å². The van der Waals surface area contributed by atoms with Gasteiger partial charge < -0.3 is 24.7 Å². The molecule has 0 aliphatic carbocycles. The van der Waals surface area contributed by atoms with Crippen molar-refractivity contribution < 1.29 is 37.4 Å². The van der Waals surface area contributed by atoms with Gasteiger partial charge in [0.25, 0.3) is 0 Å². The van der Waals surface area contributed by atoms with Crippen molar-refractivity contribution in [3.63, 3.8) is 0 Å². The first-order chi connectivity index (χ1) is 15.2. The van der Waals surface area contributed by atoms with E-state index in [1.165, 1.54) is 17.3 Å². The maximum Gasteiger partial charge on any atom is 0.351 e. The molecule has 11 nitrogen and oxygen atoms in total. The summed E-state index contributed by atoms with van der Waals surface area (Å²) in [4.78, 5) is 52.8. The van der Waals surface area contributed by atoms with Gasteiger partial charge in [0.2, 0.25) is 0 Å². The van der Waals surface area contributed by atoms with E-state index < -0.39 is 75.4 Å². The lowest BCUT2D eigenvalue weighted by atomic mass is 10.1. The van der Waals surface area contributed by atoms with Crippen LogP contribution in [0.25, 0.3) is 6.08 Å². The van der Waals surface area contributed by atoms with E-state index in [0.717, 1.165) is 4.57 Å². The Morgan fingerprint density at radius 2 is 1.93 bits per heavy atom. The van der Waals surface area contributed by atoms with E-state index in [4.69, 9.17) is 28.8 Å². The number of carbonyl (C=O) groups is 3. The van der Waals surface area contributed by atoms with Crippen LogP contribution >= 0.6 is 15.9 Å². The average molecular weight is 477 g/mol. The highest BCUT2D eigenvalue weighted by Crippen LogP contribution is 2.34. The van der Waals surface area contributed by atoms with Crippen LogP contribution in [0.15, 0.2) is 16.0 Å². The quantitative estimate of drug-likeness (QED) is 0.454. The average Bonchev–Trinajstić information content (AvgIpc) is 3.10. The molecule has 1 aliphatic rings. The predicted molar refractivity (Wildman–Crippen MR) is 103 cm³/mol. The van der Waals surface area contributed by atoms with Gasteiger partial charge in [-0.1, -0.05) is 15.9 Å². The highest BCUT2D eigenvalue weighted by atomic mass is 79.9. The van der Waals surface area contributed by atoms with Crippen LogP contribution in [0, 0.1) is 0 Å². The van der Waals surface area contributed by atoms with E-state index >= 15 is 0 Å². The van der Waals surface area contributed by atoms with Gasteiger partial charge in [-0.25, -0.2) is 4.79 Å². The lowest BCUT2D eigenvalue weighted by Crippen LogP contribution is -2.42. The summed E-state index contributed by atoms with van der Waals surface area (Å²) in [6.45, 7) is -2.70. The normalized spacial score (nSPS) is 25.1. The Bertz CT molecular complexity index is 944. The van der Waals surface area contributed by atoms with Crippen molar-refractivity contribution in [3.05, 3.63) is 27.2 Å². The molecule has 0 spiro atoms. The number of hydrogen-bond donors (Lipinski definition) is 1. The van der Waals surface area contributed by atoms with Gasteiger partial charge in [0.05, 0.1) is 0 Å². The maximum absolute atomic E-state index is 12.5. The number of rotatable bonds is 6. The topological polar surface area (TPSA) is 149 Å². The van der Waals surface area contributed by atoms with Crippen molar-refractivity contribution in [2.45, 2.75) is 45.2 Å². The summed E-state index contributed by atoms with van der Waals surface area (Å²) in [6.07, 6.45) is -2.66. The number of anilines is 1. The van der Waals surface area contributed by atoms with E-state index in [9.17, 15) is 19.2 Å². The number of hydrogen-bond acceptors (Lipinski definition) is 10. The molecule has 1 saturated heterocycles. The zero-order valence-corrected chi connectivity index (χ0v) is 16.6. The summed E-state index contributed by atoms with van der Waals surface area (Å²) in [5, 5.41) is 0. The summed E-state index contributed by atoms with van der Waals surface area (Å²) >= 11 is 3.08. The van der Waals surface area contributed by atoms with Gasteiger partial charge in [0.15, 0.2) is 18.4 Å². The molecule has 29 heavy (non-hydrogen) atoms. The number of halogens is 1. The van der Waals surface area contributed by atoms with Gasteiger partial charge >= 0.3 is 23.6 Å². The number of ether oxygens (including phenoxy) is 4. The zero-order chi connectivity index (χ0) is 23.8. The number of nitrogens with two attached hydrogens (primary N) is 1. The molecule has 0 bridgehead atoms. The first-order valence-corrected chi connectivity index (χ1v) is 8.90. The minimum atomic E-state index is -1.44.